The van der Waals surface area contributed by atoms with Crippen LogP contribution < -0.4 is 4.74 Å². The molecule has 7 heteroatoms. The summed E-state index contributed by atoms with van der Waals surface area (Å²) in [5.41, 5.74) is 10.4. The van der Waals surface area contributed by atoms with Crippen LogP contribution in [-0.2, 0) is 37.0 Å². The average molecular weight is 625 g/mol. The molecule has 242 valence electrons. The van der Waals surface area contributed by atoms with Crippen LogP contribution in [0.2, 0.25) is 0 Å². The lowest BCUT2D eigenvalue weighted by molar-refractivity contribution is -0.136. The normalized spacial score (nSPS) is 14.4. The molecule has 3 aromatic carbocycles. The first-order chi connectivity index (χ1) is 21.9. The Kier molecular flexibility index (Phi) is 10.2. The molecule has 0 radical (unpaired) electrons. The van der Waals surface area contributed by atoms with E-state index in [-0.39, 0.29) is 12.2 Å². The second kappa shape index (κ2) is 14.1. The molecule has 0 amide bonds. The van der Waals surface area contributed by atoms with Gasteiger partial charge in [0.1, 0.15) is 11.6 Å². The molecule has 6 nitrogen and oxygen atoms in total. The Morgan fingerprint density at radius 1 is 0.935 bits per heavy atom. The molecule has 2 aliphatic rings. The number of aliphatic hydroxyl groups is 1. The van der Waals surface area contributed by atoms with E-state index in [4.69, 9.17) is 14.8 Å². The highest BCUT2D eigenvalue weighted by atomic mass is 19.1. The van der Waals surface area contributed by atoms with E-state index < -0.39 is 11.6 Å². The van der Waals surface area contributed by atoms with Gasteiger partial charge in [-0.2, -0.15) is 0 Å². The highest BCUT2D eigenvalue weighted by Crippen LogP contribution is 2.41. The first kappa shape index (κ1) is 33.3. The van der Waals surface area contributed by atoms with Crippen LogP contribution in [-0.4, -0.2) is 51.4 Å². The highest BCUT2D eigenvalue weighted by Gasteiger charge is 2.24. The Morgan fingerprint density at radius 2 is 1.63 bits per heavy atom. The van der Waals surface area contributed by atoms with E-state index in [1.165, 1.54) is 17.2 Å². The molecule has 0 atom stereocenters. The summed E-state index contributed by atoms with van der Waals surface area (Å²) in [5.74, 6) is -0.0912. The number of carbonyl (C=O) groups is 1. The van der Waals surface area contributed by atoms with Gasteiger partial charge in [-0.1, -0.05) is 42.5 Å². The van der Waals surface area contributed by atoms with Crippen molar-refractivity contribution in [1.29, 1.82) is 0 Å². The minimum absolute atomic E-state index is 0.0864. The number of hydrogen-bond donors (Lipinski definition) is 2. The third kappa shape index (κ3) is 8.20. The van der Waals surface area contributed by atoms with Gasteiger partial charge in [0, 0.05) is 36.6 Å². The number of aromatic nitrogens is 1. The Bertz CT molecular complexity index is 1720. The minimum Gasteiger partial charge on any atom is -0.493 e. The lowest BCUT2D eigenvalue weighted by atomic mass is 9.85. The van der Waals surface area contributed by atoms with Crippen LogP contribution in [0.5, 0.6) is 5.75 Å². The number of benzene rings is 3. The Labute approximate surface area is 271 Å². The fraction of sp³-hybridized carbons (Fsp3) is 0.385. The molecule has 0 unspecified atom stereocenters. The first-order valence-electron chi connectivity index (χ1n) is 16.2. The van der Waals surface area contributed by atoms with Crippen molar-refractivity contribution in [3.63, 3.8) is 0 Å². The van der Waals surface area contributed by atoms with Crippen molar-refractivity contribution in [3.05, 3.63) is 106 Å². The zero-order valence-electron chi connectivity index (χ0n) is 27.6. The van der Waals surface area contributed by atoms with Crippen molar-refractivity contribution in [1.82, 2.24) is 9.88 Å². The number of aryl methyl sites for hydroxylation is 3. The summed E-state index contributed by atoms with van der Waals surface area (Å²) in [6.07, 6.45) is 3.43. The summed E-state index contributed by atoms with van der Waals surface area (Å²) in [6, 6.07) is 19.9. The van der Waals surface area contributed by atoms with E-state index >= 15 is 0 Å². The second-order valence-corrected chi connectivity index (χ2v) is 13.4. The number of nitrogens with zero attached hydrogens (tertiary/aromatic N) is 2. The molecule has 0 spiro atoms. The van der Waals surface area contributed by atoms with Gasteiger partial charge in [-0.05, 0) is 123 Å². The largest absolute Gasteiger partial charge is 0.493 e. The quantitative estimate of drug-likeness (QED) is 0.222. The smallest absolute Gasteiger partial charge is 0.307 e. The van der Waals surface area contributed by atoms with Crippen LogP contribution in [0.3, 0.4) is 0 Å². The second-order valence-electron chi connectivity index (χ2n) is 13.4. The zero-order valence-corrected chi connectivity index (χ0v) is 27.6. The van der Waals surface area contributed by atoms with Gasteiger partial charge in [-0.25, -0.2) is 4.39 Å². The van der Waals surface area contributed by atoms with E-state index in [1.807, 2.05) is 32.0 Å². The van der Waals surface area contributed by atoms with E-state index in [1.54, 1.807) is 26.8 Å². The van der Waals surface area contributed by atoms with Crippen molar-refractivity contribution in [2.45, 2.75) is 78.9 Å². The summed E-state index contributed by atoms with van der Waals surface area (Å²) >= 11 is 0. The van der Waals surface area contributed by atoms with Gasteiger partial charge < -0.3 is 14.9 Å². The fourth-order valence-electron chi connectivity index (χ4n) is 6.38. The van der Waals surface area contributed by atoms with Gasteiger partial charge in [0.25, 0.3) is 0 Å². The number of carboxylic acids is 1. The lowest BCUT2D eigenvalue weighted by Crippen LogP contribution is -2.32. The SMILES string of the molecule is CC(C)(C)O.Cc1nc(C)c(-c2ccc3c(c2)CCN(CCc2ccccc2F)C3)c(-c2ccc3c(c2)CCCO3)c1CC(=O)O. The number of halogens is 1. The maximum Gasteiger partial charge on any atom is 0.307 e. The van der Waals surface area contributed by atoms with Gasteiger partial charge >= 0.3 is 5.97 Å². The first-order valence-corrected chi connectivity index (χ1v) is 16.2. The summed E-state index contributed by atoms with van der Waals surface area (Å²) in [6.45, 7) is 12.4. The molecule has 0 saturated heterocycles. The summed E-state index contributed by atoms with van der Waals surface area (Å²) in [5, 5.41) is 18.3. The fourth-order valence-corrected chi connectivity index (χ4v) is 6.38. The number of hydrogen-bond acceptors (Lipinski definition) is 5. The molecule has 2 N–H and O–H groups in total. The molecule has 4 aromatic rings. The summed E-state index contributed by atoms with van der Waals surface area (Å²) < 4.78 is 20.0. The standard InChI is InChI=1S/C35H35FN2O3.C4H10O/c1-22-30(20-33(39)40)35(28-11-12-32-26(19-28)7-5-17-41-32)34(23(2)37-22)27-9-10-29-21-38(16-14-25(29)18-27)15-13-24-6-3-4-8-31(24)36;1-4(2,3)5/h3-4,6,8-12,18-19H,5,7,13-17,20-21H2,1-2H3,(H,39,40);5H,1-3H3. The molecule has 2 aliphatic heterocycles. The molecule has 3 heterocycles. The van der Waals surface area contributed by atoms with Gasteiger partial charge in [-0.15, -0.1) is 0 Å². The predicted molar refractivity (Wildman–Crippen MR) is 181 cm³/mol. The van der Waals surface area contributed by atoms with E-state index in [0.29, 0.717) is 6.42 Å². The van der Waals surface area contributed by atoms with E-state index in [2.05, 4.69) is 35.2 Å². The number of aliphatic carboxylic acids is 1. The van der Waals surface area contributed by atoms with Gasteiger partial charge in [0.2, 0.25) is 0 Å². The van der Waals surface area contributed by atoms with Crippen LogP contribution in [0.15, 0.2) is 60.7 Å². The molecule has 46 heavy (non-hydrogen) atoms. The Balaban J connectivity index is 0.000000775. The lowest BCUT2D eigenvalue weighted by Gasteiger charge is -2.29. The van der Waals surface area contributed by atoms with Crippen LogP contribution in [0, 0.1) is 19.7 Å². The molecular weight excluding hydrogens is 579 g/mol. The van der Waals surface area contributed by atoms with Crippen LogP contribution in [0.25, 0.3) is 22.3 Å². The number of carboxylic acid groups (broad SMARTS) is 1. The van der Waals surface area contributed by atoms with Crippen molar-refractivity contribution in [2.75, 3.05) is 19.7 Å². The average Bonchev–Trinajstić information content (AvgIpc) is 3.00. The summed E-state index contributed by atoms with van der Waals surface area (Å²) in [4.78, 5) is 19.2. The Hall–Kier alpha value is -4.07. The molecular formula is C39H45FN2O4. The molecule has 0 fully saturated rings. The maximum absolute atomic E-state index is 14.1. The molecule has 0 bridgehead atoms. The molecule has 6 rings (SSSR count). The summed E-state index contributed by atoms with van der Waals surface area (Å²) in [7, 11) is 0. The number of rotatable bonds is 7. The predicted octanol–water partition coefficient (Wildman–Crippen LogP) is 7.50. The van der Waals surface area contributed by atoms with Gasteiger partial charge in [-0.3, -0.25) is 14.7 Å². The zero-order chi connectivity index (χ0) is 33.0. The molecule has 1 aromatic heterocycles. The number of pyridine rings is 1. The monoisotopic (exact) mass is 624 g/mol. The molecule has 0 aliphatic carbocycles. The van der Waals surface area contributed by atoms with Gasteiger partial charge in [0.15, 0.2) is 0 Å². The van der Waals surface area contributed by atoms with Crippen molar-refractivity contribution < 1.29 is 24.1 Å². The number of fused-ring (bicyclic) bond motifs is 2. The van der Waals surface area contributed by atoms with Gasteiger partial charge in [0.05, 0.1) is 18.6 Å². The molecule has 0 saturated carbocycles. The maximum atomic E-state index is 14.1. The number of ether oxygens (including phenoxy) is 1. The minimum atomic E-state index is -0.867. The van der Waals surface area contributed by atoms with E-state index in [0.717, 1.165) is 102 Å². The van der Waals surface area contributed by atoms with Crippen LogP contribution in [0.4, 0.5) is 4.39 Å². The van der Waals surface area contributed by atoms with Crippen molar-refractivity contribution in [2.24, 2.45) is 0 Å². The van der Waals surface area contributed by atoms with E-state index in [9.17, 15) is 14.3 Å². The van der Waals surface area contributed by atoms with Crippen molar-refractivity contribution >= 4 is 5.97 Å². The van der Waals surface area contributed by atoms with Crippen LogP contribution >= 0.6 is 0 Å². The van der Waals surface area contributed by atoms with Crippen LogP contribution in [0.1, 0.15) is 66.4 Å². The third-order valence-corrected chi connectivity index (χ3v) is 8.45. The third-order valence-electron chi connectivity index (χ3n) is 8.45. The highest BCUT2D eigenvalue weighted by molar-refractivity contribution is 5.90. The Morgan fingerprint density at radius 3 is 2.37 bits per heavy atom. The topological polar surface area (TPSA) is 82.9 Å². The van der Waals surface area contributed by atoms with Crippen molar-refractivity contribution in [3.8, 4) is 28.0 Å².